The predicted molar refractivity (Wildman–Crippen MR) is 106 cm³/mol. The van der Waals surface area contributed by atoms with Gasteiger partial charge in [0.2, 0.25) is 5.78 Å². The number of nitrogens with zero attached hydrogens (tertiary/aromatic N) is 2. The first kappa shape index (κ1) is 19.5. The van der Waals surface area contributed by atoms with Gasteiger partial charge in [-0.2, -0.15) is 0 Å². The second-order valence-corrected chi connectivity index (χ2v) is 6.47. The number of aryl methyl sites for hydroxylation is 2. The van der Waals surface area contributed by atoms with E-state index in [9.17, 15) is 9.59 Å². The molecule has 2 aromatic carbocycles. The van der Waals surface area contributed by atoms with Gasteiger partial charge in [0.1, 0.15) is 5.75 Å². The number of carbonyl (C=O) groups is 2. The number of aromatic nitrogens is 2. The summed E-state index contributed by atoms with van der Waals surface area (Å²) in [5.74, 6) is -0.163. The Morgan fingerprint density at radius 2 is 1.54 bits per heavy atom. The molecular formula is C22H22N2O4. The monoisotopic (exact) mass is 378 g/mol. The Bertz CT molecular complexity index is 1030. The number of fused-ring (bicyclic) bond motifs is 1. The molecule has 0 radical (unpaired) electrons. The molecule has 0 amide bonds. The molecule has 0 aliphatic heterocycles. The van der Waals surface area contributed by atoms with Gasteiger partial charge in [-0.1, -0.05) is 0 Å². The number of Topliss-reactive ketones (excluding diaryl/α,β-unsaturated/α-hetero) is 1. The van der Waals surface area contributed by atoms with Gasteiger partial charge >= 0.3 is 5.97 Å². The third kappa shape index (κ3) is 4.17. The molecule has 6 heteroatoms. The third-order valence-electron chi connectivity index (χ3n) is 4.41. The summed E-state index contributed by atoms with van der Waals surface area (Å²) in [5.41, 5.74) is 3.76. The van der Waals surface area contributed by atoms with Crippen LogP contribution < -0.4 is 4.74 Å². The Balaban J connectivity index is 1.73. The molecule has 0 saturated heterocycles. The summed E-state index contributed by atoms with van der Waals surface area (Å²) in [6.45, 7) is 7.76. The lowest BCUT2D eigenvalue weighted by molar-refractivity contribution is 0.0319. The van der Waals surface area contributed by atoms with Crippen molar-refractivity contribution in [3.8, 4) is 5.75 Å². The molecule has 0 aliphatic rings. The Hall–Kier alpha value is -3.28. The van der Waals surface area contributed by atoms with Crippen LogP contribution in [0.15, 0.2) is 42.5 Å². The first-order valence-electron chi connectivity index (χ1n) is 9.12. The van der Waals surface area contributed by atoms with Gasteiger partial charge in [0.25, 0.3) is 0 Å². The molecule has 1 aromatic heterocycles. The van der Waals surface area contributed by atoms with E-state index >= 15 is 0 Å². The maximum absolute atomic E-state index is 12.5. The number of rotatable bonds is 6. The van der Waals surface area contributed by atoms with Crippen molar-refractivity contribution in [2.45, 2.75) is 33.8 Å². The summed E-state index contributed by atoms with van der Waals surface area (Å²) < 4.78 is 10.7. The van der Waals surface area contributed by atoms with Gasteiger partial charge in [-0.15, -0.1) is 0 Å². The largest absolute Gasteiger partial charge is 0.494 e. The lowest BCUT2D eigenvalue weighted by atomic mass is 10.1. The highest BCUT2D eigenvalue weighted by Gasteiger charge is 2.21. The summed E-state index contributed by atoms with van der Waals surface area (Å²) in [7, 11) is 0. The van der Waals surface area contributed by atoms with E-state index in [2.05, 4.69) is 9.97 Å². The average molecular weight is 378 g/mol. The van der Waals surface area contributed by atoms with Crippen LogP contribution in [-0.4, -0.2) is 34.4 Å². The molecule has 6 nitrogen and oxygen atoms in total. The molecule has 0 spiro atoms. The number of esters is 1. The Morgan fingerprint density at radius 1 is 0.929 bits per heavy atom. The molecule has 0 N–H and O–H groups in total. The van der Waals surface area contributed by atoms with Crippen molar-refractivity contribution < 1.29 is 19.1 Å². The van der Waals surface area contributed by atoms with Gasteiger partial charge in [-0.25, -0.2) is 14.8 Å². The lowest BCUT2D eigenvalue weighted by Crippen LogP contribution is -2.24. The Labute approximate surface area is 163 Å². The fraction of sp³-hybridized carbons (Fsp3) is 0.273. The molecule has 144 valence electrons. The van der Waals surface area contributed by atoms with Crippen molar-refractivity contribution in [2.75, 3.05) is 6.61 Å². The molecule has 28 heavy (non-hydrogen) atoms. The van der Waals surface area contributed by atoms with E-state index in [0.717, 1.165) is 11.4 Å². The first-order chi connectivity index (χ1) is 13.4. The second kappa shape index (κ2) is 8.17. The highest BCUT2D eigenvalue weighted by atomic mass is 16.5. The van der Waals surface area contributed by atoms with Crippen LogP contribution in [0.4, 0.5) is 0 Å². The van der Waals surface area contributed by atoms with Crippen molar-refractivity contribution in [3.63, 3.8) is 0 Å². The van der Waals surface area contributed by atoms with E-state index in [1.54, 1.807) is 49.4 Å². The van der Waals surface area contributed by atoms with Crippen LogP contribution in [0.1, 0.15) is 46.0 Å². The number of carbonyl (C=O) groups excluding carboxylic acids is 2. The minimum absolute atomic E-state index is 0.275. The number of ketones is 1. The van der Waals surface area contributed by atoms with Crippen molar-refractivity contribution in [3.05, 3.63) is 65.0 Å². The predicted octanol–water partition coefficient (Wildman–Crippen LogP) is 4.07. The number of ether oxygens (including phenoxy) is 2. The van der Waals surface area contributed by atoms with E-state index in [-0.39, 0.29) is 5.78 Å². The molecule has 1 heterocycles. The fourth-order valence-corrected chi connectivity index (χ4v) is 2.76. The van der Waals surface area contributed by atoms with Crippen LogP contribution in [-0.2, 0) is 4.74 Å². The zero-order chi connectivity index (χ0) is 20.3. The zero-order valence-electron chi connectivity index (χ0n) is 16.4. The minimum Gasteiger partial charge on any atom is -0.494 e. The van der Waals surface area contributed by atoms with Crippen molar-refractivity contribution in [2.24, 2.45) is 0 Å². The highest BCUT2D eigenvalue weighted by molar-refractivity contribution is 6.02. The van der Waals surface area contributed by atoms with Crippen molar-refractivity contribution in [1.82, 2.24) is 9.97 Å². The third-order valence-corrected chi connectivity index (χ3v) is 4.41. The summed E-state index contributed by atoms with van der Waals surface area (Å²) in [4.78, 5) is 33.9. The number of benzene rings is 2. The quantitative estimate of drug-likeness (QED) is 0.475. The summed E-state index contributed by atoms with van der Waals surface area (Å²) in [5, 5.41) is 0. The molecule has 0 aliphatic carbocycles. The van der Waals surface area contributed by atoms with E-state index in [1.165, 1.54) is 0 Å². The maximum Gasteiger partial charge on any atom is 0.338 e. The van der Waals surface area contributed by atoms with Crippen molar-refractivity contribution >= 4 is 22.8 Å². The van der Waals surface area contributed by atoms with Gasteiger partial charge in [-0.3, -0.25) is 4.79 Å². The highest BCUT2D eigenvalue weighted by Crippen LogP contribution is 2.17. The number of hydrogen-bond donors (Lipinski definition) is 0. The van der Waals surface area contributed by atoms with Gasteiger partial charge in [0, 0.05) is 5.56 Å². The van der Waals surface area contributed by atoms with Gasteiger partial charge in [0.05, 0.1) is 34.6 Å². The molecule has 0 bridgehead atoms. The summed E-state index contributed by atoms with van der Waals surface area (Å²) in [6.07, 6.45) is -0.910. The van der Waals surface area contributed by atoms with Gasteiger partial charge in [-0.05, 0) is 70.2 Å². The number of hydrogen-bond acceptors (Lipinski definition) is 6. The fourth-order valence-electron chi connectivity index (χ4n) is 2.76. The van der Waals surface area contributed by atoms with Crippen LogP contribution in [0.2, 0.25) is 0 Å². The lowest BCUT2D eigenvalue weighted by Gasteiger charge is -2.13. The average Bonchev–Trinajstić information content (AvgIpc) is 2.68. The van der Waals surface area contributed by atoms with Crippen LogP contribution in [0.25, 0.3) is 11.0 Å². The van der Waals surface area contributed by atoms with E-state index in [4.69, 9.17) is 9.47 Å². The maximum atomic E-state index is 12.5. The molecule has 0 saturated carbocycles. The molecule has 3 aromatic rings. The zero-order valence-corrected chi connectivity index (χ0v) is 16.4. The van der Waals surface area contributed by atoms with Gasteiger partial charge in [0.15, 0.2) is 6.10 Å². The van der Waals surface area contributed by atoms with Crippen LogP contribution in [0, 0.1) is 13.8 Å². The molecule has 1 atom stereocenters. The minimum atomic E-state index is -0.910. The first-order valence-corrected chi connectivity index (χ1v) is 9.12. The SMILES string of the molecule is CCOc1ccc(C(=O)[C@@H](C)OC(=O)c2ccc3nc(C)c(C)nc3c2)cc1. The standard InChI is InChI=1S/C22H22N2O4/c1-5-27-18-9-6-16(7-10-18)21(25)15(4)28-22(26)17-8-11-19-20(12-17)24-14(3)13(2)23-19/h6-12,15H,5H2,1-4H3/t15-/m1/s1. The van der Waals surface area contributed by atoms with E-state index in [1.807, 2.05) is 20.8 Å². The van der Waals surface area contributed by atoms with Gasteiger partial charge < -0.3 is 9.47 Å². The molecule has 0 unspecified atom stereocenters. The van der Waals surface area contributed by atoms with Crippen LogP contribution in [0.5, 0.6) is 5.75 Å². The Morgan fingerprint density at radius 3 is 2.18 bits per heavy atom. The normalized spacial score (nSPS) is 11.9. The van der Waals surface area contributed by atoms with Crippen molar-refractivity contribution in [1.29, 1.82) is 0 Å². The second-order valence-electron chi connectivity index (χ2n) is 6.47. The smallest absolute Gasteiger partial charge is 0.338 e. The van der Waals surface area contributed by atoms with Crippen LogP contribution in [0.3, 0.4) is 0 Å². The summed E-state index contributed by atoms with van der Waals surface area (Å²) in [6, 6.07) is 11.7. The molecular weight excluding hydrogens is 356 g/mol. The molecule has 3 rings (SSSR count). The summed E-state index contributed by atoms with van der Waals surface area (Å²) >= 11 is 0. The van der Waals surface area contributed by atoms with Crippen LogP contribution >= 0.6 is 0 Å². The molecule has 0 fully saturated rings. The van der Waals surface area contributed by atoms with E-state index < -0.39 is 12.1 Å². The topological polar surface area (TPSA) is 78.4 Å². The van der Waals surface area contributed by atoms with E-state index in [0.29, 0.717) is 34.5 Å². The Kier molecular flexibility index (Phi) is 5.68.